The van der Waals surface area contributed by atoms with Crippen molar-refractivity contribution in [1.29, 1.82) is 0 Å². The molecule has 1 saturated carbocycles. The molecular weight excluding hydrogens is 276 g/mol. The minimum absolute atomic E-state index is 0.0978. The van der Waals surface area contributed by atoms with Crippen LogP contribution in [0.5, 0.6) is 0 Å². The number of amides is 2. The first-order chi connectivity index (χ1) is 9.65. The minimum atomic E-state index is -0.706. The van der Waals surface area contributed by atoms with E-state index in [2.05, 4.69) is 10.6 Å². The molecule has 5 nitrogen and oxygen atoms in total. The van der Waals surface area contributed by atoms with Crippen molar-refractivity contribution in [3.05, 3.63) is 0 Å². The molecular formula is C14H24N2O3S. The number of thioether (sulfide) groups is 1. The van der Waals surface area contributed by atoms with Gasteiger partial charge in [0.2, 0.25) is 0 Å². The smallest absolute Gasteiger partial charge is 0.315 e. The summed E-state index contributed by atoms with van der Waals surface area (Å²) in [5.41, 5.74) is 0. The quantitative estimate of drug-likeness (QED) is 0.742. The maximum Gasteiger partial charge on any atom is 0.315 e. The molecule has 1 atom stereocenters. The van der Waals surface area contributed by atoms with Crippen molar-refractivity contribution in [1.82, 2.24) is 10.6 Å². The predicted molar refractivity (Wildman–Crippen MR) is 80.0 cm³/mol. The molecule has 2 amide bonds. The van der Waals surface area contributed by atoms with Crippen LogP contribution in [0.2, 0.25) is 0 Å². The van der Waals surface area contributed by atoms with Crippen LogP contribution < -0.4 is 10.6 Å². The van der Waals surface area contributed by atoms with Crippen LogP contribution in [-0.2, 0) is 4.79 Å². The minimum Gasteiger partial charge on any atom is -0.481 e. The highest BCUT2D eigenvalue weighted by Crippen LogP contribution is 2.24. The molecule has 1 saturated heterocycles. The second-order valence-corrected chi connectivity index (χ2v) is 6.97. The largest absolute Gasteiger partial charge is 0.481 e. The van der Waals surface area contributed by atoms with E-state index in [4.69, 9.17) is 5.11 Å². The van der Waals surface area contributed by atoms with E-state index < -0.39 is 5.97 Å². The second kappa shape index (κ2) is 7.76. The van der Waals surface area contributed by atoms with Crippen molar-refractivity contribution in [3.63, 3.8) is 0 Å². The van der Waals surface area contributed by atoms with Crippen molar-refractivity contribution in [2.45, 2.75) is 44.6 Å². The highest BCUT2D eigenvalue weighted by molar-refractivity contribution is 7.99. The molecule has 0 aromatic carbocycles. The van der Waals surface area contributed by atoms with E-state index in [1.165, 1.54) is 18.6 Å². The molecule has 3 N–H and O–H groups in total. The highest BCUT2D eigenvalue weighted by Gasteiger charge is 2.26. The predicted octanol–water partition coefficient (Wildman–Crippen LogP) is 2.07. The Balaban J connectivity index is 1.61. The summed E-state index contributed by atoms with van der Waals surface area (Å²) in [5.74, 6) is 2.06. The molecule has 1 heterocycles. The molecule has 114 valence electrons. The summed E-state index contributed by atoms with van der Waals surface area (Å²) >= 11 is 1.97. The summed E-state index contributed by atoms with van der Waals surface area (Å²) < 4.78 is 0. The Labute approximate surface area is 124 Å². The molecule has 0 aromatic heterocycles. The van der Waals surface area contributed by atoms with Gasteiger partial charge in [0.25, 0.3) is 0 Å². The Morgan fingerprint density at radius 1 is 1.15 bits per heavy atom. The van der Waals surface area contributed by atoms with E-state index in [1.54, 1.807) is 0 Å². The van der Waals surface area contributed by atoms with Crippen molar-refractivity contribution in [3.8, 4) is 0 Å². The first-order valence-corrected chi connectivity index (χ1v) is 8.65. The topological polar surface area (TPSA) is 78.4 Å². The number of hydrogen-bond donors (Lipinski definition) is 3. The van der Waals surface area contributed by atoms with Crippen LogP contribution in [0.1, 0.15) is 38.5 Å². The summed E-state index contributed by atoms with van der Waals surface area (Å²) in [5, 5.41) is 14.9. The fraction of sp³-hybridized carbons (Fsp3) is 0.857. The van der Waals surface area contributed by atoms with E-state index in [1.807, 2.05) is 11.8 Å². The highest BCUT2D eigenvalue weighted by atomic mass is 32.2. The molecule has 6 heteroatoms. The fourth-order valence-electron chi connectivity index (χ4n) is 2.93. The van der Waals surface area contributed by atoms with Gasteiger partial charge >= 0.3 is 12.0 Å². The molecule has 0 spiro atoms. The van der Waals surface area contributed by atoms with Crippen LogP contribution in [-0.4, -0.2) is 41.2 Å². The number of carboxylic acids is 1. The number of carbonyl (C=O) groups is 2. The Morgan fingerprint density at radius 3 is 2.50 bits per heavy atom. The van der Waals surface area contributed by atoms with Gasteiger partial charge in [0.05, 0.1) is 5.92 Å². The number of aliphatic carboxylic acids is 1. The van der Waals surface area contributed by atoms with Gasteiger partial charge < -0.3 is 15.7 Å². The molecule has 1 unspecified atom stereocenters. The number of nitrogens with one attached hydrogen (secondary N) is 2. The molecule has 2 aliphatic rings. The Morgan fingerprint density at radius 2 is 1.90 bits per heavy atom. The third-order valence-electron chi connectivity index (χ3n) is 4.22. The van der Waals surface area contributed by atoms with Crippen molar-refractivity contribution >= 4 is 23.8 Å². The van der Waals surface area contributed by atoms with E-state index in [0.717, 1.165) is 25.1 Å². The van der Waals surface area contributed by atoms with Gasteiger partial charge in [0.1, 0.15) is 0 Å². The lowest BCUT2D eigenvalue weighted by atomic mass is 9.86. The molecule has 1 aliphatic carbocycles. The number of urea groups is 1. The molecule has 20 heavy (non-hydrogen) atoms. The van der Waals surface area contributed by atoms with Gasteiger partial charge in [-0.3, -0.25) is 4.79 Å². The van der Waals surface area contributed by atoms with E-state index >= 15 is 0 Å². The van der Waals surface area contributed by atoms with Gasteiger partial charge in [0.15, 0.2) is 0 Å². The molecule has 0 radical (unpaired) electrons. The van der Waals surface area contributed by atoms with Crippen LogP contribution in [0.4, 0.5) is 4.79 Å². The van der Waals surface area contributed by atoms with Gasteiger partial charge in [-0.05, 0) is 55.9 Å². The number of hydrogen-bond acceptors (Lipinski definition) is 3. The molecule has 2 fully saturated rings. The maximum absolute atomic E-state index is 11.8. The van der Waals surface area contributed by atoms with E-state index in [0.29, 0.717) is 18.8 Å². The lowest BCUT2D eigenvalue weighted by Crippen LogP contribution is -2.45. The van der Waals surface area contributed by atoms with Crippen molar-refractivity contribution < 1.29 is 14.7 Å². The zero-order chi connectivity index (χ0) is 14.4. The first-order valence-electron chi connectivity index (χ1n) is 7.50. The van der Waals surface area contributed by atoms with Crippen LogP contribution in [0.15, 0.2) is 0 Å². The molecule has 1 aliphatic heterocycles. The monoisotopic (exact) mass is 300 g/mol. The van der Waals surface area contributed by atoms with Crippen molar-refractivity contribution in [2.24, 2.45) is 11.8 Å². The van der Waals surface area contributed by atoms with Gasteiger partial charge in [-0.1, -0.05) is 0 Å². The normalized spacial score (nSPS) is 30.5. The van der Waals surface area contributed by atoms with Crippen molar-refractivity contribution in [2.75, 3.05) is 18.1 Å². The Bertz CT molecular complexity index is 337. The average Bonchev–Trinajstić information content (AvgIpc) is 2.47. The summed E-state index contributed by atoms with van der Waals surface area (Å²) in [4.78, 5) is 22.7. The lowest BCUT2D eigenvalue weighted by molar-refractivity contribution is -0.142. The van der Waals surface area contributed by atoms with Gasteiger partial charge in [-0.15, -0.1) is 0 Å². The number of rotatable bonds is 4. The maximum atomic E-state index is 11.8. The first kappa shape index (κ1) is 15.5. The van der Waals surface area contributed by atoms with Crippen LogP contribution in [0.25, 0.3) is 0 Å². The van der Waals surface area contributed by atoms with E-state index in [-0.39, 0.29) is 18.0 Å². The van der Waals surface area contributed by atoms with Gasteiger partial charge in [-0.2, -0.15) is 11.8 Å². The molecule has 0 bridgehead atoms. The lowest BCUT2D eigenvalue weighted by Gasteiger charge is -2.27. The second-order valence-electron chi connectivity index (χ2n) is 5.82. The summed E-state index contributed by atoms with van der Waals surface area (Å²) in [7, 11) is 0. The van der Waals surface area contributed by atoms with Gasteiger partial charge in [0, 0.05) is 12.6 Å². The summed E-state index contributed by atoms with van der Waals surface area (Å²) in [6.45, 7) is 0.753. The fourth-order valence-corrected chi connectivity index (χ4v) is 4.08. The third-order valence-corrected chi connectivity index (χ3v) is 5.50. The summed E-state index contributed by atoms with van der Waals surface area (Å²) in [6.07, 6.45) is 5.32. The Kier molecular flexibility index (Phi) is 6.01. The zero-order valence-electron chi connectivity index (χ0n) is 11.8. The molecule has 2 rings (SSSR count). The summed E-state index contributed by atoms with van der Waals surface area (Å²) in [6, 6.07) is 0.0330. The zero-order valence-corrected chi connectivity index (χ0v) is 12.6. The van der Waals surface area contributed by atoms with Crippen LogP contribution in [0, 0.1) is 11.8 Å². The van der Waals surface area contributed by atoms with Gasteiger partial charge in [-0.25, -0.2) is 4.79 Å². The van der Waals surface area contributed by atoms with Crippen LogP contribution >= 0.6 is 11.8 Å². The van der Waals surface area contributed by atoms with Crippen LogP contribution in [0.3, 0.4) is 0 Å². The average molecular weight is 300 g/mol. The molecule has 0 aromatic rings. The third kappa shape index (κ3) is 4.89. The standard InChI is InChI=1S/C14H24N2O3S/c17-13(18)11-3-5-12(6-4-11)16-14(19)15-8-10-2-1-7-20-9-10/h10-12H,1-9H2,(H,17,18)(H2,15,16,19). The van der Waals surface area contributed by atoms with E-state index in [9.17, 15) is 9.59 Å². The SMILES string of the molecule is O=C(NCC1CCCSC1)NC1CCC(C(=O)O)CC1. The number of carboxylic acid groups (broad SMARTS) is 1. The Hall–Kier alpha value is -0.910. The number of carbonyl (C=O) groups excluding carboxylic acids is 1.